The fourth-order valence-corrected chi connectivity index (χ4v) is 2.98. The predicted molar refractivity (Wildman–Crippen MR) is 103 cm³/mol. The second-order valence-corrected chi connectivity index (χ2v) is 6.46. The van der Waals surface area contributed by atoms with Gasteiger partial charge in [-0.05, 0) is 18.6 Å². The molecule has 0 unspecified atom stereocenters. The van der Waals surface area contributed by atoms with Gasteiger partial charge in [0.25, 0.3) is 0 Å². The van der Waals surface area contributed by atoms with Gasteiger partial charge in [0.05, 0.1) is 12.9 Å². The normalized spacial score (nSPS) is 11.0. The summed E-state index contributed by atoms with van der Waals surface area (Å²) in [6.07, 6.45) is 6.51. The van der Waals surface area contributed by atoms with Crippen LogP contribution in [0, 0.1) is 0 Å². The molecule has 0 fully saturated rings. The van der Waals surface area contributed by atoms with Gasteiger partial charge >= 0.3 is 0 Å². The average Bonchev–Trinajstić information content (AvgIpc) is 3.33. The highest BCUT2D eigenvalue weighted by molar-refractivity contribution is 6.30. The van der Waals surface area contributed by atoms with Gasteiger partial charge in [-0.3, -0.25) is 0 Å². The fraction of sp³-hybridized carbons (Fsp3) is 0.150. The highest BCUT2D eigenvalue weighted by atomic mass is 35.5. The molecular formula is C20H18ClN5. The molecule has 0 aliphatic heterocycles. The van der Waals surface area contributed by atoms with Crippen LogP contribution < -0.4 is 0 Å². The molecule has 4 aromatic rings. The summed E-state index contributed by atoms with van der Waals surface area (Å²) in [5.41, 5.74) is 3.82. The van der Waals surface area contributed by atoms with Crippen LogP contribution in [0.4, 0.5) is 0 Å². The topological polar surface area (TPSA) is 48.5 Å². The largest absolute Gasteiger partial charge is 0.337 e. The molecule has 0 aliphatic carbocycles. The summed E-state index contributed by atoms with van der Waals surface area (Å²) >= 11 is 6.03. The number of nitrogens with zero attached hydrogens (tertiary/aromatic N) is 5. The molecule has 2 aromatic carbocycles. The Kier molecular flexibility index (Phi) is 4.80. The molecule has 2 aromatic heterocycles. The third kappa shape index (κ3) is 3.68. The molecule has 0 N–H and O–H groups in total. The van der Waals surface area contributed by atoms with E-state index in [1.807, 2.05) is 55.0 Å². The predicted octanol–water partition coefficient (Wildman–Crippen LogP) is 4.55. The van der Waals surface area contributed by atoms with Crippen molar-refractivity contribution in [3.8, 4) is 22.5 Å². The van der Waals surface area contributed by atoms with Gasteiger partial charge in [0.15, 0.2) is 0 Å². The van der Waals surface area contributed by atoms with Gasteiger partial charge in [-0.25, -0.2) is 4.98 Å². The van der Waals surface area contributed by atoms with Crippen molar-refractivity contribution in [1.82, 2.24) is 24.5 Å². The monoisotopic (exact) mass is 363 g/mol. The second kappa shape index (κ2) is 7.54. The lowest BCUT2D eigenvalue weighted by atomic mass is 10.1. The first-order valence-electron chi connectivity index (χ1n) is 8.52. The number of aryl methyl sites for hydroxylation is 2. The summed E-state index contributed by atoms with van der Waals surface area (Å²) in [5, 5.41) is 10.2. The minimum atomic E-state index is 0.711. The molecule has 0 aliphatic rings. The molecule has 0 saturated heterocycles. The van der Waals surface area contributed by atoms with Crippen LogP contribution in [0.1, 0.15) is 6.42 Å². The number of benzene rings is 2. The minimum Gasteiger partial charge on any atom is -0.337 e. The number of hydrogen-bond donors (Lipinski definition) is 0. The Morgan fingerprint density at radius 3 is 2.15 bits per heavy atom. The third-order valence-electron chi connectivity index (χ3n) is 4.15. The van der Waals surface area contributed by atoms with Gasteiger partial charge < -0.3 is 4.57 Å². The SMILES string of the molecule is Clc1ccc(-c2nn(CCCn3ccnc3)nc2-c2ccccc2)cc1. The first-order valence-corrected chi connectivity index (χ1v) is 8.89. The second-order valence-electron chi connectivity index (χ2n) is 6.02. The average molecular weight is 364 g/mol. The van der Waals surface area contributed by atoms with E-state index < -0.39 is 0 Å². The van der Waals surface area contributed by atoms with Gasteiger partial charge in [-0.1, -0.05) is 54.1 Å². The molecule has 0 amide bonds. The molecule has 0 radical (unpaired) electrons. The summed E-state index contributed by atoms with van der Waals surface area (Å²) in [6.45, 7) is 1.63. The van der Waals surface area contributed by atoms with Crippen molar-refractivity contribution in [2.45, 2.75) is 19.5 Å². The van der Waals surface area contributed by atoms with E-state index in [-0.39, 0.29) is 0 Å². The van der Waals surface area contributed by atoms with E-state index in [2.05, 4.69) is 21.7 Å². The highest BCUT2D eigenvalue weighted by Crippen LogP contribution is 2.29. The molecule has 0 bridgehead atoms. The first kappa shape index (κ1) is 16.5. The highest BCUT2D eigenvalue weighted by Gasteiger charge is 2.15. The van der Waals surface area contributed by atoms with Crippen molar-refractivity contribution < 1.29 is 0 Å². The molecule has 5 nitrogen and oxygen atoms in total. The minimum absolute atomic E-state index is 0.711. The standard InChI is InChI=1S/C20H18ClN5/c21-18-9-7-17(8-10-18)20-19(16-5-2-1-3-6-16)23-26(24-20)13-4-12-25-14-11-22-15-25/h1-3,5-11,14-15H,4,12-13H2. The van der Waals surface area contributed by atoms with E-state index in [0.29, 0.717) is 5.02 Å². The van der Waals surface area contributed by atoms with Crippen LogP contribution in [0.5, 0.6) is 0 Å². The maximum absolute atomic E-state index is 6.03. The van der Waals surface area contributed by atoms with Crippen molar-refractivity contribution in [2.75, 3.05) is 0 Å². The van der Waals surface area contributed by atoms with Gasteiger partial charge in [-0.15, -0.1) is 0 Å². The number of imidazole rings is 1. The molecule has 4 rings (SSSR count). The zero-order valence-electron chi connectivity index (χ0n) is 14.2. The van der Waals surface area contributed by atoms with Gasteiger partial charge in [-0.2, -0.15) is 15.0 Å². The Morgan fingerprint density at radius 1 is 0.808 bits per heavy atom. The van der Waals surface area contributed by atoms with E-state index in [4.69, 9.17) is 21.8 Å². The Balaban J connectivity index is 1.62. The lowest BCUT2D eigenvalue weighted by Gasteiger charge is -2.01. The quantitative estimate of drug-likeness (QED) is 0.505. The lowest BCUT2D eigenvalue weighted by molar-refractivity contribution is 0.481. The van der Waals surface area contributed by atoms with Crippen molar-refractivity contribution >= 4 is 11.6 Å². The van der Waals surface area contributed by atoms with Crippen molar-refractivity contribution in [2.24, 2.45) is 0 Å². The maximum atomic E-state index is 6.03. The molecule has 0 atom stereocenters. The summed E-state index contributed by atoms with van der Waals surface area (Å²) in [5.74, 6) is 0. The van der Waals surface area contributed by atoms with Crippen LogP contribution >= 0.6 is 11.6 Å². The van der Waals surface area contributed by atoms with E-state index in [1.165, 1.54) is 0 Å². The summed E-state index contributed by atoms with van der Waals surface area (Å²) < 4.78 is 2.06. The number of halogens is 1. The Labute approximate surface area is 156 Å². The van der Waals surface area contributed by atoms with Crippen molar-refractivity contribution in [3.05, 3.63) is 78.3 Å². The van der Waals surface area contributed by atoms with E-state index in [9.17, 15) is 0 Å². The van der Waals surface area contributed by atoms with Crippen molar-refractivity contribution in [1.29, 1.82) is 0 Å². The van der Waals surface area contributed by atoms with Gasteiger partial charge in [0.2, 0.25) is 0 Å². The van der Waals surface area contributed by atoms with E-state index in [1.54, 1.807) is 11.0 Å². The van der Waals surface area contributed by atoms with E-state index >= 15 is 0 Å². The van der Waals surface area contributed by atoms with Gasteiger partial charge in [0, 0.05) is 35.1 Å². The van der Waals surface area contributed by atoms with Crippen LogP contribution in [0.2, 0.25) is 5.02 Å². The lowest BCUT2D eigenvalue weighted by Crippen LogP contribution is -2.06. The van der Waals surface area contributed by atoms with Crippen LogP contribution in [0.15, 0.2) is 73.3 Å². The summed E-state index contributed by atoms with van der Waals surface area (Å²) in [4.78, 5) is 5.85. The van der Waals surface area contributed by atoms with Crippen LogP contribution in [-0.2, 0) is 13.1 Å². The molecule has 26 heavy (non-hydrogen) atoms. The van der Waals surface area contributed by atoms with Crippen LogP contribution in [0.3, 0.4) is 0 Å². The Morgan fingerprint density at radius 2 is 1.50 bits per heavy atom. The van der Waals surface area contributed by atoms with E-state index in [0.717, 1.165) is 42.0 Å². The number of aromatic nitrogens is 5. The van der Waals surface area contributed by atoms with Crippen LogP contribution in [-0.4, -0.2) is 24.5 Å². The molecular weight excluding hydrogens is 346 g/mol. The Bertz CT molecular complexity index is 959. The first-order chi connectivity index (χ1) is 12.8. The molecule has 0 saturated carbocycles. The molecule has 2 heterocycles. The molecule has 0 spiro atoms. The summed E-state index contributed by atoms with van der Waals surface area (Å²) in [6, 6.07) is 17.9. The molecule has 6 heteroatoms. The zero-order valence-corrected chi connectivity index (χ0v) is 14.9. The third-order valence-corrected chi connectivity index (χ3v) is 4.41. The zero-order chi connectivity index (χ0) is 17.8. The molecule has 130 valence electrons. The summed E-state index contributed by atoms with van der Waals surface area (Å²) in [7, 11) is 0. The maximum Gasteiger partial charge on any atom is 0.121 e. The van der Waals surface area contributed by atoms with Crippen molar-refractivity contribution in [3.63, 3.8) is 0 Å². The Hall–Kier alpha value is -2.92. The van der Waals surface area contributed by atoms with Crippen LogP contribution in [0.25, 0.3) is 22.5 Å². The smallest absolute Gasteiger partial charge is 0.121 e. The fourth-order valence-electron chi connectivity index (χ4n) is 2.85. The number of rotatable bonds is 6. The number of hydrogen-bond acceptors (Lipinski definition) is 3. The van der Waals surface area contributed by atoms with Gasteiger partial charge in [0.1, 0.15) is 11.4 Å².